The van der Waals surface area contributed by atoms with Gasteiger partial charge in [-0.25, -0.2) is 0 Å². The van der Waals surface area contributed by atoms with Crippen molar-refractivity contribution in [3.8, 4) is 5.75 Å². The average molecular weight is 307 g/mol. The fourth-order valence-electron chi connectivity index (χ4n) is 2.47. The zero-order valence-corrected chi connectivity index (χ0v) is 12.6. The summed E-state index contributed by atoms with van der Waals surface area (Å²) in [5, 5.41) is 18.0. The second-order valence-corrected chi connectivity index (χ2v) is 5.29. The highest BCUT2D eigenvalue weighted by molar-refractivity contribution is 5.97. The molecule has 0 bridgehead atoms. The predicted molar refractivity (Wildman–Crippen MR) is 94.1 cm³/mol. The van der Waals surface area contributed by atoms with Crippen LogP contribution in [0.1, 0.15) is 6.92 Å². The van der Waals surface area contributed by atoms with E-state index in [1.54, 1.807) is 24.3 Å². The summed E-state index contributed by atoms with van der Waals surface area (Å²) in [6.45, 7) is 1.44. The van der Waals surface area contributed by atoms with Crippen LogP contribution in [0.4, 0.5) is 22.7 Å². The highest BCUT2D eigenvalue weighted by Crippen LogP contribution is 2.36. The molecule has 0 saturated carbocycles. The molecule has 0 aromatic heterocycles. The van der Waals surface area contributed by atoms with Crippen LogP contribution < -0.4 is 16.4 Å². The molecule has 0 fully saturated rings. The molecular formula is C18H17N3O2. The van der Waals surface area contributed by atoms with E-state index in [9.17, 15) is 9.90 Å². The third kappa shape index (κ3) is 3.03. The van der Waals surface area contributed by atoms with Gasteiger partial charge in [0.25, 0.3) is 0 Å². The molecule has 0 spiro atoms. The Hall–Kier alpha value is -3.21. The number of benzene rings is 3. The van der Waals surface area contributed by atoms with Crippen LogP contribution in [-0.4, -0.2) is 11.0 Å². The lowest BCUT2D eigenvalue weighted by molar-refractivity contribution is -0.114. The molecule has 3 aromatic rings. The van der Waals surface area contributed by atoms with Gasteiger partial charge in [0.2, 0.25) is 5.91 Å². The van der Waals surface area contributed by atoms with Gasteiger partial charge in [-0.1, -0.05) is 30.3 Å². The number of rotatable bonds is 3. The first-order chi connectivity index (χ1) is 11.0. The van der Waals surface area contributed by atoms with Crippen molar-refractivity contribution in [1.29, 1.82) is 0 Å². The van der Waals surface area contributed by atoms with Crippen LogP contribution in [0.25, 0.3) is 10.8 Å². The molecule has 0 aliphatic heterocycles. The summed E-state index contributed by atoms with van der Waals surface area (Å²) < 4.78 is 0. The zero-order chi connectivity index (χ0) is 16.4. The minimum Gasteiger partial charge on any atom is -0.505 e. The topological polar surface area (TPSA) is 87.4 Å². The summed E-state index contributed by atoms with van der Waals surface area (Å²) in [6.07, 6.45) is 0. The molecule has 0 heterocycles. The molecule has 0 radical (unpaired) electrons. The van der Waals surface area contributed by atoms with Crippen molar-refractivity contribution in [2.24, 2.45) is 0 Å². The summed E-state index contributed by atoms with van der Waals surface area (Å²) >= 11 is 0. The van der Waals surface area contributed by atoms with Gasteiger partial charge in [-0.3, -0.25) is 4.79 Å². The summed E-state index contributed by atoms with van der Waals surface area (Å²) in [5.74, 6) is -0.0279. The second-order valence-electron chi connectivity index (χ2n) is 5.29. The number of nitrogens with one attached hydrogen (secondary N) is 2. The molecule has 0 aliphatic rings. The normalized spacial score (nSPS) is 10.5. The third-order valence-electron chi connectivity index (χ3n) is 3.52. The van der Waals surface area contributed by atoms with Crippen molar-refractivity contribution in [2.45, 2.75) is 6.92 Å². The van der Waals surface area contributed by atoms with Crippen LogP contribution in [0.3, 0.4) is 0 Å². The van der Waals surface area contributed by atoms with Gasteiger partial charge < -0.3 is 21.5 Å². The first kappa shape index (κ1) is 14.7. The van der Waals surface area contributed by atoms with Crippen LogP contribution in [0.2, 0.25) is 0 Å². The maximum absolute atomic E-state index is 11.3. The molecule has 0 unspecified atom stereocenters. The van der Waals surface area contributed by atoms with Crippen molar-refractivity contribution >= 4 is 39.4 Å². The maximum atomic E-state index is 11.3. The smallest absolute Gasteiger partial charge is 0.221 e. The fraction of sp³-hybridized carbons (Fsp3) is 0.0556. The summed E-state index contributed by atoms with van der Waals surface area (Å²) in [5.41, 5.74) is 8.14. The molecule has 0 saturated heterocycles. The van der Waals surface area contributed by atoms with E-state index in [1.165, 1.54) is 6.92 Å². The number of hydrogen-bond acceptors (Lipinski definition) is 4. The molecule has 116 valence electrons. The van der Waals surface area contributed by atoms with E-state index < -0.39 is 0 Å². The highest BCUT2D eigenvalue weighted by atomic mass is 16.3. The number of phenolic OH excluding ortho intramolecular Hbond substituents is 1. The first-order valence-corrected chi connectivity index (χ1v) is 7.19. The lowest BCUT2D eigenvalue weighted by atomic mass is 10.1. The van der Waals surface area contributed by atoms with E-state index in [0.29, 0.717) is 22.7 Å². The average Bonchev–Trinajstić information content (AvgIpc) is 2.52. The predicted octanol–water partition coefficient (Wildman–Crippen LogP) is 3.83. The Morgan fingerprint density at radius 3 is 2.52 bits per heavy atom. The molecule has 5 N–H and O–H groups in total. The first-order valence-electron chi connectivity index (χ1n) is 7.19. The third-order valence-corrected chi connectivity index (χ3v) is 3.52. The molecule has 0 aliphatic carbocycles. The van der Waals surface area contributed by atoms with E-state index >= 15 is 0 Å². The molecule has 3 aromatic carbocycles. The monoisotopic (exact) mass is 307 g/mol. The Labute approximate surface area is 133 Å². The summed E-state index contributed by atoms with van der Waals surface area (Å²) in [7, 11) is 0. The fourth-order valence-corrected chi connectivity index (χ4v) is 2.47. The highest BCUT2D eigenvalue weighted by Gasteiger charge is 2.10. The number of fused-ring (bicyclic) bond motifs is 1. The minimum absolute atomic E-state index is 0.152. The van der Waals surface area contributed by atoms with Gasteiger partial charge in [0, 0.05) is 18.0 Å². The van der Waals surface area contributed by atoms with Crippen molar-refractivity contribution < 1.29 is 9.90 Å². The van der Waals surface area contributed by atoms with E-state index in [-0.39, 0.29) is 11.7 Å². The van der Waals surface area contributed by atoms with Gasteiger partial charge in [0.1, 0.15) is 5.75 Å². The van der Waals surface area contributed by atoms with Crippen molar-refractivity contribution in [2.75, 3.05) is 16.4 Å². The Kier molecular flexibility index (Phi) is 3.76. The minimum atomic E-state index is -0.180. The number of aromatic hydroxyl groups is 1. The van der Waals surface area contributed by atoms with Crippen LogP contribution >= 0.6 is 0 Å². The van der Waals surface area contributed by atoms with Gasteiger partial charge in [-0.05, 0) is 29.7 Å². The number of amides is 1. The van der Waals surface area contributed by atoms with Crippen LogP contribution in [0.15, 0.2) is 54.6 Å². The maximum Gasteiger partial charge on any atom is 0.221 e. The Balaban J connectivity index is 2.03. The molecule has 1 amide bonds. The molecule has 0 atom stereocenters. The largest absolute Gasteiger partial charge is 0.505 e. The van der Waals surface area contributed by atoms with E-state index in [2.05, 4.69) is 10.6 Å². The number of carbonyl (C=O) groups excluding carboxylic acids is 1. The van der Waals surface area contributed by atoms with Crippen molar-refractivity contribution in [1.82, 2.24) is 0 Å². The Morgan fingerprint density at radius 1 is 1.00 bits per heavy atom. The van der Waals surface area contributed by atoms with Gasteiger partial charge in [0.15, 0.2) is 0 Å². The number of carbonyl (C=O) groups is 1. The number of phenols is 1. The molecule has 3 rings (SSSR count). The van der Waals surface area contributed by atoms with Crippen LogP contribution in [-0.2, 0) is 4.79 Å². The number of nitrogens with two attached hydrogens (primary N) is 1. The SMILES string of the molecule is CC(=O)Nc1ccc(N)cc1Nc1ccc2ccccc2c1O. The molecule has 23 heavy (non-hydrogen) atoms. The van der Waals surface area contributed by atoms with Gasteiger partial charge in [0.05, 0.1) is 17.1 Å². The zero-order valence-electron chi connectivity index (χ0n) is 12.6. The Morgan fingerprint density at radius 2 is 1.74 bits per heavy atom. The lowest BCUT2D eigenvalue weighted by Crippen LogP contribution is -2.08. The second kappa shape index (κ2) is 5.88. The number of hydrogen-bond donors (Lipinski definition) is 4. The standard InChI is InChI=1S/C18H17N3O2/c1-11(22)20-15-9-7-13(19)10-17(15)21-16-8-6-12-4-2-3-5-14(12)18(16)23/h2-10,21,23H,19H2,1H3,(H,20,22). The number of nitrogen functional groups attached to an aromatic ring is 1. The molecule has 5 nitrogen and oxygen atoms in total. The van der Waals surface area contributed by atoms with Gasteiger partial charge >= 0.3 is 0 Å². The molecular weight excluding hydrogens is 290 g/mol. The quantitative estimate of drug-likeness (QED) is 0.437. The lowest BCUT2D eigenvalue weighted by Gasteiger charge is -2.15. The van der Waals surface area contributed by atoms with E-state index in [1.807, 2.05) is 30.3 Å². The van der Waals surface area contributed by atoms with Crippen molar-refractivity contribution in [3.05, 3.63) is 54.6 Å². The van der Waals surface area contributed by atoms with Gasteiger partial charge in [-0.15, -0.1) is 0 Å². The van der Waals surface area contributed by atoms with E-state index in [0.717, 1.165) is 10.8 Å². The Bertz CT molecular complexity index is 891. The van der Waals surface area contributed by atoms with Crippen LogP contribution in [0.5, 0.6) is 5.75 Å². The van der Waals surface area contributed by atoms with Crippen molar-refractivity contribution in [3.63, 3.8) is 0 Å². The number of anilines is 4. The summed E-state index contributed by atoms with van der Waals surface area (Å²) in [4.78, 5) is 11.3. The van der Waals surface area contributed by atoms with Crippen LogP contribution in [0, 0.1) is 0 Å². The van der Waals surface area contributed by atoms with Gasteiger partial charge in [-0.2, -0.15) is 0 Å². The summed E-state index contributed by atoms with van der Waals surface area (Å²) in [6, 6.07) is 16.4. The van der Waals surface area contributed by atoms with E-state index in [4.69, 9.17) is 5.73 Å². The molecule has 5 heteroatoms.